The first-order chi connectivity index (χ1) is 19.2. The highest BCUT2D eigenvalue weighted by Gasteiger charge is 2.32. The predicted octanol–water partition coefficient (Wildman–Crippen LogP) is 5.06. The zero-order valence-electron chi connectivity index (χ0n) is 21.8. The van der Waals surface area contributed by atoms with Crippen LogP contribution in [0.1, 0.15) is 16.7 Å². The Hall–Kier alpha value is -4.84. The number of fused-ring (bicyclic) bond motifs is 1. The van der Waals surface area contributed by atoms with Crippen LogP contribution in [0.5, 0.6) is 17.2 Å². The molecule has 1 N–H and O–H groups in total. The molecule has 0 unspecified atom stereocenters. The van der Waals surface area contributed by atoms with Crippen molar-refractivity contribution in [3.05, 3.63) is 87.1 Å². The van der Waals surface area contributed by atoms with E-state index in [2.05, 4.69) is 10.3 Å². The average Bonchev–Trinajstić information content (AvgIpc) is 3.52. The van der Waals surface area contributed by atoms with Crippen LogP contribution in [0.3, 0.4) is 0 Å². The maximum absolute atomic E-state index is 13.5. The van der Waals surface area contributed by atoms with Gasteiger partial charge >= 0.3 is 5.69 Å². The third kappa shape index (κ3) is 5.47. The van der Waals surface area contributed by atoms with Gasteiger partial charge in [0.1, 0.15) is 5.70 Å². The molecule has 0 spiro atoms. The van der Waals surface area contributed by atoms with Crippen LogP contribution in [0.15, 0.2) is 65.3 Å². The van der Waals surface area contributed by atoms with Gasteiger partial charge in [-0.1, -0.05) is 35.5 Å². The van der Waals surface area contributed by atoms with Crippen LogP contribution in [0.4, 0.5) is 17.1 Å². The van der Waals surface area contributed by atoms with Crippen molar-refractivity contribution >= 4 is 51.9 Å². The number of carbonyl (C=O) groups excluding carboxylic acids is 2. The van der Waals surface area contributed by atoms with Crippen LogP contribution in [-0.4, -0.2) is 41.6 Å². The van der Waals surface area contributed by atoms with Gasteiger partial charge in [0.2, 0.25) is 12.7 Å². The van der Waals surface area contributed by atoms with Crippen LogP contribution in [-0.2, 0) is 9.59 Å². The van der Waals surface area contributed by atoms with Crippen LogP contribution in [0.25, 0.3) is 6.08 Å². The number of nitrogens with one attached hydrogen (secondary N) is 1. The minimum atomic E-state index is -0.545. The topological polar surface area (TPSA) is 133 Å². The zero-order valence-corrected chi connectivity index (χ0v) is 22.6. The van der Waals surface area contributed by atoms with Crippen molar-refractivity contribution in [1.82, 2.24) is 0 Å². The maximum atomic E-state index is 13.5. The number of nitro groups is 1. The van der Waals surface area contributed by atoms with Gasteiger partial charge < -0.3 is 19.5 Å². The van der Waals surface area contributed by atoms with E-state index >= 15 is 0 Å². The molecule has 0 fully saturated rings. The highest BCUT2D eigenvalue weighted by molar-refractivity contribution is 8.14. The van der Waals surface area contributed by atoms with Gasteiger partial charge in [0.15, 0.2) is 22.4 Å². The summed E-state index contributed by atoms with van der Waals surface area (Å²) in [7, 11) is 1.32. The van der Waals surface area contributed by atoms with Crippen LogP contribution in [0, 0.1) is 24.0 Å². The Balaban J connectivity index is 1.38. The van der Waals surface area contributed by atoms with Crippen LogP contribution < -0.4 is 24.4 Å². The second kappa shape index (κ2) is 11.1. The molecule has 0 saturated heterocycles. The van der Waals surface area contributed by atoms with Crippen LogP contribution in [0.2, 0.25) is 0 Å². The number of benzene rings is 3. The van der Waals surface area contributed by atoms with Gasteiger partial charge in [-0.05, 0) is 55.3 Å². The van der Waals surface area contributed by atoms with E-state index in [-0.39, 0.29) is 41.5 Å². The van der Waals surface area contributed by atoms with Gasteiger partial charge in [0.25, 0.3) is 5.91 Å². The van der Waals surface area contributed by atoms with E-state index in [1.807, 2.05) is 31.2 Å². The number of aryl methyl sites for hydroxylation is 2. The molecule has 204 valence electrons. The smallest absolute Gasteiger partial charge is 0.311 e. The minimum Gasteiger partial charge on any atom is -0.490 e. The Morgan fingerprint density at radius 1 is 1.15 bits per heavy atom. The highest BCUT2D eigenvalue weighted by atomic mass is 32.2. The lowest BCUT2D eigenvalue weighted by Gasteiger charge is -2.18. The Labute approximate surface area is 233 Å². The fourth-order valence-electron chi connectivity index (χ4n) is 4.11. The van der Waals surface area contributed by atoms with Gasteiger partial charge in [0.05, 0.1) is 23.5 Å². The number of ether oxygens (including phenoxy) is 3. The van der Waals surface area contributed by atoms with E-state index in [1.54, 1.807) is 31.2 Å². The minimum absolute atomic E-state index is 0.0353. The first-order valence-electron chi connectivity index (χ1n) is 12.1. The van der Waals surface area contributed by atoms with E-state index in [1.165, 1.54) is 24.1 Å². The fraction of sp³-hybridized carbons (Fsp3) is 0.179. The first kappa shape index (κ1) is 26.8. The molecule has 2 amide bonds. The molecule has 2 heterocycles. The molecule has 3 aromatic carbocycles. The van der Waals surface area contributed by atoms with E-state index in [9.17, 15) is 19.7 Å². The standard InChI is InChI=1S/C28H24N4O7S/c1-16-4-7-19(8-5-16)31-27(34)21(11-18-6-9-23-25(12-18)39-15-38-23)30-28(31)40-14-26(33)29-20-13-24(37-3)22(32(35)36)10-17(20)2/h4-13H,14-15H2,1-3H3,(H,29,33). The number of hydrogen-bond donors (Lipinski definition) is 1. The number of amides is 2. The molecule has 5 rings (SSSR count). The molecule has 2 aliphatic rings. The molecule has 11 nitrogen and oxygen atoms in total. The van der Waals surface area contributed by atoms with Crippen molar-refractivity contribution in [2.24, 2.45) is 4.99 Å². The number of methoxy groups -OCH3 is 1. The first-order valence-corrected chi connectivity index (χ1v) is 13.1. The van der Waals surface area contributed by atoms with Gasteiger partial charge in [-0.25, -0.2) is 4.99 Å². The number of anilines is 2. The van der Waals surface area contributed by atoms with Gasteiger partial charge in [0, 0.05) is 17.8 Å². The number of amidine groups is 1. The van der Waals surface area contributed by atoms with Gasteiger partial charge in [-0.2, -0.15) is 0 Å². The molecule has 40 heavy (non-hydrogen) atoms. The zero-order chi connectivity index (χ0) is 28.4. The number of nitro benzene ring substituents is 1. The van der Waals surface area contributed by atoms with Crippen LogP contribution >= 0.6 is 11.8 Å². The summed E-state index contributed by atoms with van der Waals surface area (Å²) in [5.74, 6) is 0.478. The summed E-state index contributed by atoms with van der Waals surface area (Å²) in [4.78, 5) is 43.1. The lowest BCUT2D eigenvalue weighted by molar-refractivity contribution is -0.385. The predicted molar refractivity (Wildman–Crippen MR) is 152 cm³/mol. The lowest BCUT2D eigenvalue weighted by Crippen LogP contribution is -2.31. The van der Waals surface area contributed by atoms with E-state index in [0.29, 0.717) is 39.2 Å². The summed E-state index contributed by atoms with van der Waals surface area (Å²) >= 11 is 1.10. The largest absolute Gasteiger partial charge is 0.490 e. The van der Waals surface area contributed by atoms with Crippen molar-refractivity contribution in [3.63, 3.8) is 0 Å². The quantitative estimate of drug-likeness (QED) is 0.241. The number of hydrogen-bond acceptors (Lipinski definition) is 9. The molecule has 0 aliphatic carbocycles. The maximum Gasteiger partial charge on any atom is 0.311 e. The van der Waals surface area contributed by atoms with E-state index < -0.39 is 4.92 Å². The highest BCUT2D eigenvalue weighted by Crippen LogP contribution is 2.35. The monoisotopic (exact) mass is 560 g/mol. The van der Waals surface area contributed by atoms with Gasteiger partial charge in [-0.3, -0.25) is 24.6 Å². The molecule has 0 bridgehead atoms. The molecule has 0 saturated carbocycles. The summed E-state index contributed by atoms with van der Waals surface area (Å²) < 4.78 is 15.9. The molecular formula is C28H24N4O7S. The summed E-state index contributed by atoms with van der Waals surface area (Å²) in [6.07, 6.45) is 1.66. The van der Waals surface area contributed by atoms with Crippen molar-refractivity contribution in [2.75, 3.05) is 29.9 Å². The number of thioether (sulfide) groups is 1. The number of aliphatic imine (C=N–C) groups is 1. The third-order valence-electron chi connectivity index (χ3n) is 6.15. The Kier molecular flexibility index (Phi) is 7.43. The summed E-state index contributed by atoms with van der Waals surface area (Å²) in [6.45, 7) is 3.74. The summed E-state index contributed by atoms with van der Waals surface area (Å²) in [5.41, 5.74) is 3.27. The van der Waals surface area contributed by atoms with Crippen molar-refractivity contribution in [1.29, 1.82) is 0 Å². The second-order valence-corrected chi connectivity index (χ2v) is 9.89. The fourth-order valence-corrected chi connectivity index (χ4v) is 4.92. The molecule has 3 aromatic rings. The van der Waals surface area contributed by atoms with Crippen molar-refractivity contribution in [3.8, 4) is 17.2 Å². The van der Waals surface area contributed by atoms with E-state index in [4.69, 9.17) is 14.2 Å². The molecule has 0 aromatic heterocycles. The van der Waals surface area contributed by atoms with E-state index in [0.717, 1.165) is 17.3 Å². The van der Waals surface area contributed by atoms with Crippen molar-refractivity contribution in [2.45, 2.75) is 13.8 Å². The third-order valence-corrected chi connectivity index (χ3v) is 7.09. The average molecular weight is 561 g/mol. The summed E-state index contributed by atoms with van der Waals surface area (Å²) in [5, 5.41) is 14.4. The number of carbonyl (C=O) groups is 2. The SMILES string of the molecule is COc1cc(NC(=O)CSC2=NC(=Cc3ccc4c(c3)OCO4)C(=O)N2c2ccc(C)cc2)c(C)cc1[N+](=O)[O-]. The van der Waals surface area contributed by atoms with Crippen molar-refractivity contribution < 1.29 is 28.7 Å². The molecule has 0 radical (unpaired) electrons. The number of nitrogens with zero attached hydrogens (tertiary/aromatic N) is 3. The Bertz CT molecular complexity index is 1580. The molecule has 2 aliphatic heterocycles. The summed E-state index contributed by atoms with van der Waals surface area (Å²) in [6, 6.07) is 15.5. The molecule has 0 atom stereocenters. The second-order valence-electron chi connectivity index (χ2n) is 8.95. The van der Waals surface area contributed by atoms with Gasteiger partial charge in [-0.15, -0.1) is 0 Å². The number of rotatable bonds is 7. The molecular weight excluding hydrogens is 536 g/mol. The lowest BCUT2D eigenvalue weighted by atomic mass is 10.1. The molecule has 12 heteroatoms. The Morgan fingerprint density at radius 3 is 2.62 bits per heavy atom. The normalized spacial score (nSPS) is 14.9. The Morgan fingerprint density at radius 2 is 1.90 bits per heavy atom.